The van der Waals surface area contributed by atoms with E-state index in [1.165, 1.54) is 0 Å². The molecule has 7 rings (SSSR count). The number of rotatable bonds is 7. The number of nitrogens with one attached hydrogen (secondary N) is 1. The second kappa shape index (κ2) is 12.4. The van der Waals surface area contributed by atoms with E-state index in [4.69, 9.17) is 0 Å². The van der Waals surface area contributed by atoms with Crippen LogP contribution in [0.15, 0.2) is 77.7 Å². The second-order valence-corrected chi connectivity index (χ2v) is 15.1. The number of sulfonamides is 1. The number of benzene rings is 3. The lowest BCUT2D eigenvalue weighted by Gasteiger charge is -2.39. The van der Waals surface area contributed by atoms with Crippen LogP contribution in [0.1, 0.15) is 37.0 Å². The highest BCUT2D eigenvalue weighted by molar-refractivity contribution is 7.92. The Hall–Kier alpha value is -3.89. The number of nitrogens with zero attached hydrogens (tertiary/aromatic N) is 4. The van der Waals surface area contributed by atoms with Gasteiger partial charge in [0, 0.05) is 69.9 Å². The Labute approximate surface area is 271 Å². The van der Waals surface area contributed by atoms with Crippen molar-refractivity contribution in [3.63, 3.8) is 0 Å². The summed E-state index contributed by atoms with van der Waals surface area (Å²) >= 11 is 0. The quantitative estimate of drug-likeness (QED) is 0.377. The van der Waals surface area contributed by atoms with Crippen LogP contribution in [0.25, 0.3) is 10.8 Å². The normalized spacial score (nSPS) is 23.5. The lowest BCUT2D eigenvalue weighted by atomic mass is 9.92. The fourth-order valence-electron chi connectivity index (χ4n) is 7.66. The van der Waals surface area contributed by atoms with Crippen molar-refractivity contribution in [2.75, 3.05) is 62.0 Å². The van der Waals surface area contributed by atoms with Crippen molar-refractivity contribution in [1.82, 2.24) is 14.7 Å². The van der Waals surface area contributed by atoms with Gasteiger partial charge in [-0.1, -0.05) is 42.5 Å². The fourth-order valence-corrected chi connectivity index (χ4v) is 8.76. The van der Waals surface area contributed by atoms with Crippen LogP contribution in [0.5, 0.6) is 0 Å². The number of carbonyl (C=O) groups excluding carboxylic acids is 2. The molecule has 0 spiro atoms. The van der Waals surface area contributed by atoms with Crippen LogP contribution in [0, 0.1) is 17.8 Å². The molecule has 3 aromatic carbocycles. The Morgan fingerprint density at radius 3 is 2.17 bits per heavy atom. The molecule has 2 amide bonds. The Morgan fingerprint density at radius 1 is 0.783 bits per heavy atom. The lowest BCUT2D eigenvalue weighted by molar-refractivity contribution is -0.137. The van der Waals surface area contributed by atoms with Crippen molar-refractivity contribution in [3.8, 4) is 0 Å². The monoisotopic (exact) mass is 641 g/mol. The van der Waals surface area contributed by atoms with E-state index in [0.717, 1.165) is 55.5 Å². The molecule has 2 saturated heterocycles. The van der Waals surface area contributed by atoms with Crippen molar-refractivity contribution in [2.45, 2.75) is 37.6 Å². The van der Waals surface area contributed by atoms with E-state index in [-0.39, 0.29) is 22.6 Å². The number of fused-ring (bicyclic) bond motifs is 3. The number of amides is 2. The minimum absolute atomic E-state index is 0.0744. The number of piperazine rings is 2. The van der Waals surface area contributed by atoms with Crippen molar-refractivity contribution < 1.29 is 18.0 Å². The highest BCUT2D eigenvalue weighted by atomic mass is 32.2. The lowest BCUT2D eigenvalue weighted by Crippen LogP contribution is -2.52. The Morgan fingerprint density at radius 2 is 1.50 bits per heavy atom. The van der Waals surface area contributed by atoms with Crippen molar-refractivity contribution >= 4 is 44.0 Å². The minimum Gasteiger partial charge on any atom is -0.367 e. The fraction of sp³-hybridized carbons (Fsp3) is 0.444. The average molecular weight is 642 g/mol. The SMILES string of the molecule is CC(C)N1CCN(c2ccc(C(=O)N3CCN(C(=O)[C@H]4CC5C=CC4C5)CC3)cc2NS(=O)(=O)c2ccc3ccccc3c2)CC1. The minimum atomic E-state index is -3.95. The molecule has 46 heavy (non-hydrogen) atoms. The van der Waals surface area contributed by atoms with E-state index in [1.807, 2.05) is 41.3 Å². The second-order valence-electron chi connectivity index (χ2n) is 13.5. The van der Waals surface area contributed by atoms with Gasteiger partial charge < -0.3 is 14.7 Å². The van der Waals surface area contributed by atoms with Crippen molar-refractivity contribution in [1.29, 1.82) is 0 Å². The van der Waals surface area contributed by atoms with E-state index in [9.17, 15) is 18.0 Å². The van der Waals surface area contributed by atoms with Crippen LogP contribution < -0.4 is 9.62 Å². The van der Waals surface area contributed by atoms with E-state index in [0.29, 0.717) is 55.3 Å². The molecule has 4 aliphatic rings. The third kappa shape index (κ3) is 6.00. The van der Waals surface area contributed by atoms with E-state index in [1.54, 1.807) is 29.2 Å². The molecule has 10 heteroatoms. The molecule has 2 heterocycles. The Kier molecular flexibility index (Phi) is 8.27. The maximum atomic E-state index is 13.8. The van der Waals surface area contributed by atoms with E-state index in [2.05, 4.69) is 40.5 Å². The predicted molar refractivity (Wildman–Crippen MR) is 181 cm³/mol. The van der Waals surface area contributed by atoms with Gasteiger partial charge >= 0.3 is 0 Å². The number of allylic oxidation sites excluding steroid dienone is 2. The molecular formula is C36H43N5O4S. The van der Waals surface area contributed by atoms with Gasteiger partial charge in [0.05, 0.1) is 16.3 Å². The summed E-state index contributed by atoms with van der Waals surface area (Å²) in [6.07, 6.45) is 6.48. The number of hydrogen-bond donors (Lipinski definition) is 1. The smallest absolute Gasteiger partial charge is 0.261 e. The van der Waals surface area contributed by atoms with Gasteiger partial charge in [0.15, 0.2) is 0 Å². The first-order valence-corrected chi connectivity index (χ1v) is 18.1. The van der Waals surface area contributed by atoms with Crippen molar-refractivity contribution in [2.24, 2.45) is 17.8 Å². The first-order chi connectivity index (χ1) is 22.2. The maximum absolute atomic E-state index is 13.8. The van der Waals surface area contributed by atoms with Crippen LogP contribution in [0.4, 0.5) is 11.4 Å². The summed E-state index contributed by atoms with van der Waals surface area (Å²) in [5.74, 6) is 1.04. The molecule has 242 valence electrons. The van der Waals surface area contributed by atoms with Gasteiger partial charge in [-0.3, -0.25) is 19.2 Å². The summed E-state index contributed by atoms with van der Waals surface area (Å²) in [5.41, 5.74) is 1.59. The molecule has 2 bridgehead atoms. The summed E-state index contributed by atoms with van der Waals surface area (Å²) in [6, 6.07) is 18.6. The third-order valence-corrected chi connectivity index (χ3v) is 11.7. The van der Waals surface area contributed by atoms with E-state index < -0.39 is 10.0 Å². The molecule has 0 radical (unpaired) electrons. The van der Waals surface area contributed by atoms with Crippen LogP contribution >= 0.6 is 0 Å². The molecule has 3 atom stereocenters. The van der Waals surface area contributed by atoms with E-state index >= 15 is 0 Å². The molecule has 3 fully saturated rings. The molecule has 1 N–H and O–H groups in total. The first-order valence-electron chi connectivity index (χ1n) is 16.6. The molecule has 2 aliphatic heterocycles. The number of anilines is 2. The maximum Gasteiger partial charge on any atom is 0.261 e. The Balaban J connectivity index is 1.11. The first kappa shape index (κ1) is 30.7. The summed E-state index contributed by atoms with van der Waals surface area (Å²) < 4.78 is 30.4. The molecule has 2 aliphatic carbocycles. The van der Waals surface area contributed by atoms with Crippen LogP contribution in [-0.4, -0.2) is 93.3 Å². The van der Waals surface area contributed by atoms with Gasteiger partial charge in [-0.05, 0) is 79.6 Å². The number of hydrogen-bond acceptors (Lipinski definition) is 6. The highest BCUT2D eigenvalue weighted by Gasteiger charge is 2.42. The van der Waals surface area contributed by atoms with Gasteiger partial charge in [0.2, 0.25) is 5.91 Å². The summed E-state index contributed by atoms with van der Waals surface area (Å²) in [4.78, 5) is 35.5. The predicted octanol–water partition coefficient (Wildman–Crippen LogP) is 4.67. The summed E-state index contributed by atoms with van der Waals surface area (Å²) in [6.45, 7) is 9.57. The molecule has 0 aromatic heterocycles. The zero-order valence-corrected chi connectivity index (χ0v) is 27.5. The molecule has 2 unspecified atom stereocenters. The van der Waals surface area contributed by atoms with Gasteiger partial charge in [-0.2, -0.15) is 0 Å². The summed E-state index contributed by atoms with van der Waals surface area (Å²) in [7, 11) is -3.95. The van der Waals surface area contributed by atoms with Gasteiger partial charge in [-0.25, -0.2) is 8.42 Å². The third-order valence-electron chi connectivity index (χ3n) is 10.4. The molecule has 9 nitrogen and oxygen atoms in total. The molecular weight excluding hydrogens is 598 g/mol. The molecule has 1 saturated carbocycles. The topological polar surface area (TPSA) is 93.3 Å². The zero-order chi connectivity index (χ0) is 32.0. The largest absolute Gasteiger partial charge is 0.367 e. The van der Waals surface area contributed by atoms with Crippen LogP contribution in [-0.2, 0) is 14.8 Å². The van der Waals surface area contributed by atoms with Crippen LogP contribution in [0.2, 0.25) is 0 Å². The zero-order valence-electron chi connectivity index (χ0n) is 26.6. The van der Waals surface area contributed by atoms with Gasteiger partial charge in [0.25, 0.3) is 15.9 Å². The average Bonchev–Trinajstić information content (AvgIpc) is 3.72. The molecule has 3 aromatic rings. The summed E-state index contributed by atoms with van der Waals surface area (Å²) in [5, 5.41) is 1.81. The Bertz CT molecular complexity index is 1770. The van der Waals surface area contributed by atoms with Crippen molar-refractivity contribution in [3.05, 3.63) is 78.4 Å². The van der Waals surface area contributed by atoms with Gasteiger partial charge in [-0.15, -0.1) is 0 Å². The van der Waals surface area contributed by atoms with Crippen LogP contribution in [0.3, 0.4) is 0 Å². The number of carbonyl (C=O) groups is 2. The standard InChI is InChI=1S/C36H43N5O4S/c1-25(2)38-13-15-39(16-14-38)34-12-10-30(24-33(34)37-46(44,45)31-11-9-27-5-3-4-6-28(27)23-31)35(42)40-17-19-41(20-18-40)36(43)32-22-26-7-8-29(32)21-26/h3-12,23-26,29,32,37H,13-22H2,1-2H3/t26?,29?,32-/m0/s1. The van der Waals surface area contributed by atoms with Gasteiger partial charge in [0.1, 0.15) is 0 Å². The highest BCUT2D eigenvalue weighted by Crippen LogP contribution is 2.44.